The van der Waals surface area contributed by atoms with E-state index in [4.69, 9.17) is 5.14 Å². The molecule has 2 heterocycles. The van der Waals surface area contributed by atoms with E-state index in [-0.39, 0.29) is 4.21 Å². The lowest BCUT2D eigenvalue weighted by molar-refractivity contribution is 0.599. The highest BCUT2D eigenvalue weighted by Gasteiger charge is 2.20. The topological polar surface area (TPSA) is 65.1 Å². The maximum absolute atomic E-state index is 11.9. The Morgan fingerprint density at radius 2 is 1.70 bits per heavy atom. The molecule has 0 amide bonds. The summed E-state index contributed by atoms with van der Waals surface area (Å²) in [7, 11) is -3.77. The monoisotopic (exact) mass is 346 g/mol. The normalized spacial score (nSPS) is 12.0. The van der Waals surface area contributed by atoms with E-state index in [1.807, 2.05) is 42.7 Å². The van der Waals surface area contributed by atoms with Gasteiger partial charge >= 0.3 is 0 Å². The zero-order valence-corrected chi connectivity index (χ0v) is 14.6. The van der Waals surface area contributed by atoms with Gasteiger partial charge in [0, 0.05) is 17.3 Å². The summed E-state index contributed by atoms with van der Waals surface area (Å²) in [5, 5.41) is 5.39. The lowest BCUT2D eigenvalue weighted by Crippen LogP contribution is -2.12. The molecule has 23 heavy (non-hydrogen) atoms. The Balaban J connectivity index is 2.11. The first-order valence-corrected chi connectivity index (χ1v) is 9.63. The molecule has 0 atom stereocenters. The van der Waals surface area contributed by atoms with Gasteiger partial charge in [-0.25, -0.2) is 13.6 Å². The van der Waals surface area contributed by atoms with Crippen LogP contribution in [0.4, 0.5) is 0 Å². The largest absolute Gasteiger partial charge is 0.322 e. The Hall–Kier alpha value is -1.89. The quantitative estimate of drug-likeness (QED) is 0.776. The SMILES string of the molecule is CC(C)c1ccc(-c2cc(-n3cccc3)c(S(N)(=O)=O)s2)cc1. The van der Waals surface area contributed by atoms with Gasteiger partial charge in [-0.15, -0.1) is 11.3 Å². The molecular formula is C17H18N2O2S2. The highest BCUT2D eigenvalue weighted by atomic mass is 32.2. The maximum atomic E-state index is 11.9. The molecule has 0 aliphatic heterocycles. The molecule has 0 aliphatic carbocycles. The lowest BCUT2D eigenvalue weighted by Gasteiger charge is -2.05. The van der Waals surface area contributed by atoms with E-state index in [0.29, 0.717) is 11.6 Å². The Morgan fingerprint density at radius 3 is 2.22 bits per heavy atom. The molecule has 120 valence electrons. The minimum atomic E-state index is -3.77. The zero-order chi connectivity index (χ0) is 16.6. The second-order valence-corrected chi connectivity index (χ2v) is 8.50. The van der Waals surface area contributed by atoms with Gasteiger partial charge in [-0.3, -0.25) is 0 Å². The third kappa shape index (κ3) is 3.24. The van der Waals surface area contributed by atoms with Crippen LogP contribution in [0, 0.1) is 0 Å². The number of aromatic nitrogens is 1. The van der Waals surface area contributed by atoms with E-state index < -0.39 is 10.0 Å². The predicted octanol–water partition coefficient (Wildman–Crippen LogP) is 3.98. The molecule has 0 spiro atoms. The van der Waals surface area contributed by atoms with Crippen molar-refractivity contribution in [2.75, 3.05) is 0 Å². The zero-order valence-electron chi connectivity index (χ0n) is 12.9. The Labute approximate surface area is 140 Å². The first kappa shape index (κ1) is 16.0. The summed E-state index contributed by atoms with van der Waals surface area (Å²) in [6.07, 6.45) is 3.62. The van der Waals surface area contributed by atoms with Crippen molar-refractivity contribution in [3.05, 3.63) is 60.4 Å². The van der Waals surface area contributed by atoms with E-state index in [1.165, 1.54) is 16.9 Å². The molecule has 0 fully saturated rings. The van der Waals surface area contributed by atoms with Crippen LogP contribution in [0.3, 0.4) is 0 Å². The summed E-state index contributed by atoms with van der Waals surface area (Å²) < 4.78 is 25.8. The number of primary sulfonamides is 1. The Kier molecular flexibility index (Phi) is 4.14. The Bertz CT molecular complexity index is 906. The molecule has 0 saturated carbocycles. The second kappa shape index (κ2) is 5.96. The van der Waals surface area contributed by atoms with Crippen molar-refractivity contribution in [1.29, 1.82) is 0 Å². The van der Waals surface area contributed by atoms with E-state index in [9.17, 15) is 8.42 Å². The van der Waals surface area contributed by atoms with Crippen molar-refractivity contribution in [1.82, 2.24) is 4.57 Å². The Morgan fingerprint density at radius 1 is 1.09 bits per heavy atom. The van der Waals surface area contributed by atoms with Crippen LogP contribution in [0.5, 0.6) is 0 Å². The van der Waals surface area contributed by atoms with E-state index in [2.05, 4.69) is 26.0 Å². The molecule has 3 rings (SSSR count). The summed E-state index contributed by atoms with van der Waals surface area (Å²) >= 11 is 1.20. The molecule has 2 N–H and O–H groups in total. The van der Waals surface area contributed by atoms with E-state index >= 15 is 0 Å². The molecule has 4 nitrogen and oxygen atoms in total. The molecule has 0 unspecified atom stereocenters. The van der Waals surface area contributed by atoms with E-state index in [0.717, 1.165) is 10.4 Å². The third-order valence-electron chi connectivity index (χ3n) is 3.68. The van der Waals surface area contributed by atoms with Gasteiger partial charge in [-0.1, -0.05) is 38.1 Å². The fourth-order valence-corrected chi connectivity index (χ4v) is 4.50. The average molecular weight is 346 g/mol. The van der Waals surface area contributed by atoms with Crippen LogP contribution in [0.25, 0.3) is 16.1 Å². The number of hydrogen-bond acceptors (Lipinski definition) is 3. The summed E-state index contributed by atoms with van der Waals surface area (Å²) in [6, 6.07) is 13.8. The van der Waals surface area contributed by atoms with Crippen molar-refractivity contribution in [2.24, 2.45) is 5.14 Å². The highest BCUT2D eigenvalue weighted by molar-refractivity contribution is 7.91. The van der Waals surface area contributed by atoms with Crippen LogP contribution in [0.15, 0.2) is 59.1 Å². The van der Waals surface area contributed by atoms with Crippen LogP contribution in [-0.4, -0.2) is 13.0 Å². The van der Waals surface area contributed by atoms with Crippen LogP contribution < -0.4 is 5.14 Å². The minimum Gasteiger partial charge on any atom is -0.322 e. The molecule has 2 aromatic heterocycles. The van der Waals surface area contributed by atoms with Crippen LogP contribution in [0.1, 0.15) is 25.3 Å². The van der Waals surface area contributed by atoms with Crippen molar-refractivity contribution in [3.8, 4) is 16.1 Å². The van der Waals surface area contributed by atoms with Gasteiger partial charge in [0.25, 0.3) is 0 Å². The standard InChI is InChI=1S/C17H18N2O2S2/c1-12(2)13-5-7-14(8-6-13)16-11-15(19-9-3-4-10-19)17(22-16)23(18,20)21/h3-12H,1-2H3,(H2,18,20,21). The van der Waals surface area contributed by atoms with Gasteiger partial charge in [0.1, 0.15) is 0 Å². The number of hydrogen-bond donors (Lipinski definition) is 1. The maximum Gasteiger partial charge on any atom is 0.249 e. The number of nitrogens with two attached hydrogens (primary N) is 1. The predicted molar refractivity (Wildman–Crippen MR) is 94.5 cm³/mol. The highest BCUT2D eigenvalue weighted by Crippen LogP contribution is 2.36. The van der Waals surface area contributed by atoms with Crippen molar-refractivity contribution in [3.63, 3.8) is 0 Å². The number of sulfonamides is 1. The van der Waals surface area contributed by atoms with Crippen LogP contribution in [0.2, 0.25) is 0 Å². The number of rotatable bonds is 4. The van der Waals surface area contributed by atoms with Gasteiger partial charge < -0.3 is 4.57 Å². The minimum absolute atomic E-state index is 0.177. The first-order chi connectivity index (χ1) is 10.9. The van der Waals surface area contributed by atoms with Gasteiger partial charge in [0.05, 0.1) is 5.69 Å². The summed E-state index contributed by atoms with van der Waals surface area (Å²) in [6.45, 7) is 4.28. The molecule has 6 heteroatoms. The molecule has 0 radical (unpaired) electrons. The lowest BCUT2D eigenvalue weighted by atomic mass is 10.0. The smallest absolute Gasteiger partial charge is 0.249 e. The molecule has 3 aromatic rings. The van der Waals surface area contributed by atoms with Crippen LogP contribution >= 0.6 is 11.3 Å². The fraction of sp³-hybridized carbons (Fsp3) is 0.176. The molecule has 0 bridgehead atoms. The first-order valence-electron chi connectivity index (χ1n) is 7.26. The van der Waals surface area contributed by atoms with Gasteiger partial charge in [-0.05, 0) is 35.2 Å². The van der Waals surface area contributed by atoms with Gasteiger partial charge in [-0.2, -0.15) is 0 Å². The number of nitrogens with zero attached hydrogens (tertiary/aromatic N) is 1. The molecule has 1 aromatic carbocycles. The molecular weight excluding hydrogens is 328 g/mol. The summed E-state index contributed by atoms with van der Waals surface area (Å²) in [4.78, 5) is 0.882. The third-order valence-corrected chi connectivity index (χ3v) is 6.32. The van der Waals surface area contributed by atoms with Crippen molar-refractivity contribution < 1.29 is 8.42 Å². The second-order valence-electron chi connectivity index (χ2n) is 5.70. The molecule has 0 aliphatic rings. The molecule has 0 saturated heterocycles. The van der Waals surface area contributed by atoms with Gasteiger partial charge in [0.15, 0.2) is 4.21 Å². The summed E-state index contributed by atoms with van der Waals surface area (Å²) in [5.74, 6) is 0.461. The number of thiophene rings is 1. The van der Waals surface area contributed by atoms with Crippen LogP contribution in [-0.2, 0) is 10.0 Å². The van der Waals surface area contributed by atoms with Crippen molar-refractivity contribution in [2.45, 2.75) is 24.0 Å². The van der Waals surface area contributed by atoms with E-state index in [1.54, 1.807) is 4.57 Å². The van der Waals surface area contributed by atoms with Crippen molar-refractivity contribution >= 4 is 21.4 Å². The fourth-order valence-electron chi connectivity index (χ4n) is 2.42. The average Bonchev–Trinajstić information content (AvgIpc) is 3.15. The van der Waals surface area contributed by atoms with Gasteiger partial charge in [0.2, 0.25) is 10.0 Å². The summed E-state index contributed by atoms with van der Waals surface area (Å²) in [5.41, 5.74) is 2.83. The number of benzene rings is 1.